The Morgan fingerprint density at radius 1 is 0.719 bits per heavy atom. The van der Waals surface area contributed by atoms with Crippen LogP contribution in [0.5, 0.6) is 5.75 Å². The molecule has 0 aliphatic rings. The van der Waals surface area contributed by atoms with Crippen molar-refractivity contribution in [3.63, 3.8) is 0 Å². The van der Waals surface area contributed by atoms with E-state index < -0.39 is 0 Å². The van der Waals surface area contributed by atoms with E-state index in [1.165, 1.54) is 83.5 Å². The van der Waals surface area contributed by atoms with Gasteiger partial charge in [0.25, 0.3) is 0 Å². The lowest BCUT2D eigenvalue weighted by Crippen LogP contribution is -1.98. The number of aromatic nitrogens is 2. The smallest absolute Gasteiger partial charge is 0.147 e. The van der Waals surface area contributed by atoms with Crippen molar-refractivity contribution in [3.8, 4) is 16.3 Å². The molecule has 0 unspecified atom stereocenters. The Kier molecular flexibility index (Phi) is 15.1. The molecule has 2 aromatic rings. The number of hydrogen-bond acceptors (Lipinski definition) is 5. The molecule has 0 radical (unpaired) electrons. The Bertz CT molecular complexity index is 687. The van der Waals surface area contributed by atoms with Gasteiger partial charge < -0.3 is 9.84 Å². The van der Waals surface area contributed by atoms with Gasteiger partial charge in [-0.05, 0) is 43.5 Å². The molecule has 1 heterocycles. The van der Waals surface area contributed by atoms with E-state index in [0.29, 0.717) is 6.61 Å². The maximum absolute atomic E-state index is 8.81. The quantitative estimate of drug-likeness (QED) is 0.203. The lowest BCUT2D eigenvalue weighted by molar-refractivity contribution is 0.253. The van der Waals surface area contributed by atoms with E-state index in [9.17, 15) is 0 Å². The minimum Gasteiger partial charge on any atom is -0.494 e. The zero-order chi connectivity index (χ0) is 22.7. The third kappa shape index (κ3) is 12.0. The number of rotatable bonds is 20. The van der Waals surface area contributed by atoms with Crippen molar-refractivity contribution in [1.82, 2.24) is 10.2 Å². The summed E-state index contributed by atoms with van der Waals surface area (Å²) in [5, 5.41) is 19.7. The third-order valence-corrected chi connectivity index (χ3v) is 6.92. The molecule has 0 amide bonds. The summed E-state index contributed by atoms with van der Waals surface area (Å²) in [7, 11) is 0. The van der Waals surface area contributed by atoms with Gasteiger partial charge in [0.05, 0.1) is 6.61 Å². The number of benzene rings is 1. The third-order valence-electron chi connectivity index (χ3n) is 5.88. The predicted molar refractivity (Wildman–Crippen MR) is 137 cm³/mol. The number of nitrogens with zero attached hydrogens (tertiary/aromatic N) is 2. The van der Waals surface area contributed by atoms with Crippen LogP contribution in [0.1, 0.15) is 108 Å². The van der Waals surface area contributed by atoms with Crippen LogP contribution in [0.15, 0.2) is 24.3 Å². The molecule has 0 saturated carbocycles. The molecule has 0 atom stereocenters. The number of aryl methyl sites for hydroxylation is 1. The molecule has 0 aliphatic heterocycles. The van der Waals surface area contributed by atoms with E-state index in [4.69, 9.17) is 9.84 Å². The van der Waals surface area contributed by atoms with Crippen LogP contribution in [-0.4, -0.2) is 28.5 Å². The first-order chi connectivity index (χ1) is 15.8. The molecule has 2 rings (SSSR count). The summed E-state index contributed by atoms with van der Waals surface area (Å²) in [4.78, 5) is 0. The van der Waals surface area contributed by atoms with Gasteiger partial charge in [-0.1, -0.05) is 95.3 Å². The summed E-state index contributed by atoms with van der Waals surface area (Å²) in [5.74, 6) is 0.864. The van der Waals surface area contributed by atoms with Crippen molar-refractivity contribution in [2.45, 2.75) is 110 Å². The van der Waals surface area contributed by atoms with E-state index in [2.05, 4.69) is 29.3 Å². The molecule has 0 fully saturated rings. The Labute approximate surface area is 199 Å². The first kappa shape index (κ1) is 26.8. The summed E-state index contributed by atoms with van der Waals surface area (Å²) in [6, 6.07) is 8.08. The fourth-order valence-electron chi connectivity index (χ4n) is 3.86. The van der Waals surface area contributed by atoms with Crippen LogP contribution in [0.3, 0.4) is 0 Å². The van der Waals surface area contributed by atoms with Gasteiger partial charge in [0.15, 0.2) is 0 Å². The van der Waals surface area contributed by atoms with Crippen LogP contribution in [0.25, 0.3) is 10.6 Å². The zero-order valence-electron chi connectivity index (χ0n) is 20.2. The monoisotopic (exact) mass is 460 g/mol. The van der Waals surface area contributed by atoms with E-state index in [-0.39, 0.29) is 6.61 Å². The van der Waals surface area contributed by atoms with Crippen molar-refractivity contribution >= 4 is 11.3 Å². The van der Waals surface area contributed by atoms with Crippen molar-refractivity contribution in [1.29, 1.82) is 0 Å². The van der Waals surface area contributed by atoms with Crippen molar-refractivity contribution in [2.75, 3.05) is 13.2 Å². The Morgan fingerprint density at radius 2 is 1.31 bits per heavy atom. The summed E-state index contributed by atoms with van der Waals surface area (Å²) >= 11 is 1.71. The van der Waals surface area contributed by atoms with Gasteiger partial charge in [0.2, 0.25) is 0 Å². The highest BCUT2D eigenvalue weighted by atomic mass is 32.1. The number of aliphatic hydroxyl groups is 1. The van der Waals surface area contributed by atoms with Gasteiger partial charge in [0.1, 0.15) is 15.8 Å². The van der Waals surface area contributed by atoms with E-state index >= 15 is 0 Å². The number of aliphatic hydroxyl groups excluding tert-OH is 1. The molecule has 1 N–H and O–H groups in total. The van der Waals surface area contributed by atoms with E-state index in [1.807, 2.05) is 12.1 Å². The minimum atomic E-state index is 0.223. The second kappa shape index (κ2) is 18.0. The molecular weight excluding hydrogens is 416 g/mol. The first-order valence-corrected chi connectivity index (χ1v) is 13.8. The maximum atomic E-state index is 8.81. The summed E-state index contributed by atoms with van der Waals surface area (Å²) in [5.41, 5.74) is 1.10. The minimum absolute atomic E-state index is 0.223. The maximum Gasteiger partial charge on any atom is 0.147 e. The van der Waals surface area contributed by atoms with Gasteiger partial charge in [-0.3, -0.25) is 0 Å². The second-order valence-electron chi connectivity index (χ2n) is 8.80. The first-order valence-electron chi connectivity index (χ1n) is 13.0. The Balaban J connectivity index is 1.51. The second-order valence-corrected chi connectivity index (χ2v) is 9.86. The molecule has 0 spiro atoms. The number of ether oxygens (including phenoxy) is 1. The molecule has 0 saturated heterocycles. The number of hydrogen-bond donors (Lipinski definition) is 1. The largest absolute Gasteiger partial charge is 0.494 e. The summed E-state index contributed by atoms with van der Waals surface area (Å²) in [6.45, 7) is 3.15. The molecule has 1 aromatic heterocycles. The molecule has 5 heteroatoms. The molecule has 0 aliphatic carbocycles. The summed E-state index contributed by atoms with van der Waals surface area (Å²) in [6.07, 6.45) is 20.7. The zero-order valence-corrected chi connectivity index (χ0v) is 21.0. The van der Waals surface area contributed by atoms with Crippen LogP contribution in [0.4, 0.5) is 0 Å². The lowest BCUT2D eigenvalue weighted by Gasteiger charge is -2.05. The van der Waals surface area contributed by atoms with Crippen LogP contribution < -0.4 is 4.74 Å². The van der Waals surface area contributed by atoms with Crippen LogP contribution >= 0.6 is 11.3 Å². The average molecular weight is 461 g/mol. The fourth-order valence-corrected chi connectivity index (χ4v) is 4.75. The fraction of sp³-hybridized carbons (Fsp3) is 0.704. The molecule has 0 bridgehead atoms. The van der Waals surface area contributed by atoms with Gasteiger partial charge >= 0.3 is 0 Å². The molecule has 1 aromatic carbocycles. The van der Waals surface area contributed by atoms with Gasteiger partial charge in [0, 0.05) is 18.6 Å². The average Bonchev–Trinajstić information content (AvgIpc) is 3.29. The lowest BCUT2D eigenvalue weighted by atomic mass is 10.0. The normalized spacial score (nSPS) is 11.2. The highest BCUT2D eigenvalue weighted by molar-refractivity contribution is 7.14. The number of unbranched alkanes of at least 4 members (excludes halogenated alkanes) is 13. The molecule has 180 valence electrons. The topological polar surface area (TPSA) is 55.2 Å². The van der Waals surface area contributed by atoms with E-state index in [1.54, 1.807) is 11.3 Å². The van der Waals surface area contributed by atoms with Gasteiger partial charge in [-0.15, -0.1) is 10.2 Å². The standard InChI is InChI=1S/C27H44N2O2S/c1-2-3-4-5-6-7-8-9-10-11-12-13-14-17-26-28-29-27(32-26)24-18-20-25(21-19-24)31-23-16-15-22-30/h18-21,30H,2-17,22-23H2,1H3. The van der Waals surface area contributed by atoms with Crippen LogP contribution in [0, 0.1) is 0 Å². The molecular formula is C27H44N2O2S. The van der Waals surface area contributed by atoms with E-state index in [0.717, 1.165) is 40.6 Å². The van der Waals surface area contributed by atoms with Crippen LogP contribution in [0.2, 0.25) is 0 Å². The SMILES string of the molecule is CCCCCCCCCCCCCCCc1nnc(-c2ccc(OCCCCO)cc2)s1. The predicted octanol–water partition coefficient (Wildman–Crippen LogP) is 7.99. The Hall–Kier alpha value is -1.46. The molecule has 4 nitrogen and oxygen atoms in total. The van der Waals surface area contributed by atoms with Crippen LogP contribution in [-0.2, 0) is 6.42 Å². The van der Waals surface area contributed by atoms with Crippen molar-refractivity contribution < 1.29 is 9.84 Å². The van der Waals surface area contributed by atoms with Gasteiger partial charge in [-0.25, -0.2) is 0 Å². The Morgan fingerprint density at radius 3 is 1.91 bits per heavy atom. The molecule has 32 heavy (non-hydrogen) atoms. The summed E-state index contributed by atoms with van der Waals surface area (Å²) < 4.78 is 5.69. The van der Waals surface area contributed by atoms with Crippen molar-refractivity contribution in [3.05, 3.63) is 29.3 Å². The van der Waals surface area contributed by atoms with Gasteiger partial charge in [-0.2, -0.15) is 0 Å². The highest BCUT2D eigenvalue weighted by Gasteiger charge is 2.07. The highest BCUT2D eigenvalue weighted by Crippen LogP contribution is 2.26. The van der Waals surface area contributed by atoms with Crippen molar-refractivity contribution in [2.24, 2.45) is 0 Å².